The molecule has 0 aliphatic heterocycles. The lowest BCUT2D eigenvalue weighted by atomic mass is 10.1. The molecule has 0 aliphatic carbocycles. The van der Waals surface area contributed by atoms with Crippen molar-refractivity contribution in [2.75, 3.05) is 20.2 Å². The minimum absolute atomic E-state index is 0.219. The molecule has 0 spiro atoms. The maximum absolute atomic E-state index is 13.0. The van der Waals surface area contributed by atoms with Crippen LogP contribution in [-0.4, -0.2) is 36.1 Å². The van der Waals surface area contributed by atoms with Crippen molar-refractivity contribution in [3.8, 4) is 0 Å². The van der Waals surface area contributed by atoms with Crippen molar-refractivity contribution in [1.29, 1.82) is 0 Å². The van der Waals surface area contributed by atoms with Gasteiger partial charge in [-0.15, -0.1) is 0 Å². The summed E-state index contributed by atoms with van der Waals surface area (Å²) in [6.45, 7) is 1.75. The molecule has 0 aliphatic rings. The van der Waals surface area contributed by atoms with E-state index in [-0.39, 0.29) is 11.7 Å². The van der Waals surface area contributed by atoms with Crippen molar-refractivity contribution in [2.24, 2.45) is 0 Å². The lowest BCUT2D eigenvalue weighted by Gasteiger charge is -2.15. The second-order valence-electron chi connectivity index (χ2n) is 3.81. The standard InChI is InChI=1S/C12H16FNO2/c1-9-7-10(3-4-11(9)13)5-6-14(2)12(16)8-15/h3-4,7,15H,5-6,8H2,1-2H3. The van der Waals surface area contributed by atoms with Gasteiger partial charge >= 0.3 is 0 Å². The highest BCUT2D eigenvalue weighted by molar-refractivity contribution is 5.76. The maximum atomic E-state index is 13.0. The van der Waals surface area contributed by atoms with Crippen molar-refractivity contribution in [1.82, 2.24) is 4.90 Å². The molecule has 0 fully saturated rings. The van der Waals surface area contributed by atoms with E-state index in [1.165, 1.54) is 11.0 Å². The molecule has 16 heavy (non-hydrogen) atoms. The summed E-state index contributed by atoms with van der Waals surface area (Å²) in [5.74, 6) is -0.526. The second kappa shape index (κ2) is 5.61. The monoisotopic (exact) mass is 225 g/mol. The van der Waals surface area contributed by atoms with Gasteiger partial charge in [-0.2, -0.15) is 0 Å². The van der Waals surface area contributed by atoms with Crippen molar-refractivity contribution in [3.63, 3.8) is 0 Å². The number of halogens is 1. The number of amides is 1. The summed E-state index contributed by atoms with van der Waals surface area (Å²) in [6, 6.07) is 4.91. The van der Waals surface area contributed by atoms with E-state index in [0.717, 1.165) is 5.56 Å². The van der Waals surface area contributed by atoms with Crippen LogP contribution >= 0.6 is 0 Å². The van der Waals surface area contributed by atoms with Crippen molar-refractivity contribution in [2.45, 2.75) is 13.3 Å². The lowest BCUT2D eigenvalue weighted by Crippen LogP contribution is -2.31. The Morgan fingerprint density at radius 1 is 1.50 bits per heavy atom. The molecule has 0 heterocycles. The Bertz CT molecular complexity index is 379. The van der Waals surface area contributed by atoms with E-state index in [1.54, 1.807) is 26.1 Å². The molecule has 1 N–H and O–H groups in total. The summed E-state index contributed by atoms with van der Waals surface area (Å²) in [5.41, 5.74) is 1.59. The Morgan fingerprint density at radius 3 is 2.75 bits per heavy atom. The highest BCUT2D eigenvalue weighted by atomic mass is 19.1. The summed E-state index contributed by atoms with van der Waals surface area (Å²) in [6.07, 6.45) is 0.656. The largest absolute Gasteiger partial charge is 0.387 e. The van der Waals surface area contributed by atoms with Gasteiger partial charge in [-0.3, -0.25) is 4.79 Å². The van der Waals surface area contributed by atoms with Crippen LogP contribution in [0.5, 0.6) is 0 Å². The van der Waals surface area contributed by atoms with Crippen LogP contribution in [-0.2, 0) is 11.2 Å². The molecule has 3 nitrogen and oxygen atoms in total. The van der Waals surface area contributed by atoms with E-state index in [9.17, 15) is 9.18 Å². The number of benzene rings is 1. The van der Waals surface area contributed by atoms with Crippen molar-refractivity contribution >= 4 is 5.91 Å². The average molecular weight is 225 g/mol. The van der Waals surface area contributed by atoms with Crippen LogP contribution in [0.4, 0.5) is 4.39 Å². The number of carbonyl (C=O) groups excluding carboxylic acids is 1. The fourth-order valence-corrected chi connectivity index (χ4v) is 1.40. The number of aliphatic hydroxyl groups is 1. The lowest BCUT2D eigenvalue weighted by molar-refractivity contribution is -0.132. The minimum atomic E-state index is -0.473. The number of aryl methyl sites for hydroxylation is 1. The van der Waals surface area contributed by atoms with E-state index in [2.05, 4.69) is 0 Å². The molecule has 88 valence electrons. The molecule has 1 aromatic rings. The van der Waals surface area contributed by atoms with Gasteiger partial charge in [0.2, 0.25) is 5.91 Å². The van der Waals surface area contributed by atoms with E-state index in [4.69, 9.17) is 5.11 Å². The molecule has 1 rings (SSSR count). The zero-order chi connectivity index (χ0) is 12.1. The van der Waals surface area contributed by atoms with Gasteiger partial charge in [-0.25, -0.2) is 4.39 Å². The molecule has 0 bridgehead atoms. The molecular formula is C12H16FNO2. The smallest absolute Gasteiger partial charge is 0.248 e. The molecule has 0 aromatic heterocycles. The third-order valence-corrected chi connectivity index (χ3v) is 2.52. The Balaban J connectivity index is 2.55. The summed E-state index contributed by atoms with van der Waals surface area (Å²) in [7, 11) is 1.63. The summed E-state index contributed by atoms with van der Waals surface area (Å²) in [5, 5.41) is 8.64. The van der Waals surface area contributed by atoms with Gasteiger partial charge in [0.1, 0.15) is 12.4 Å². The van der Waals surface area contributed by atoms with Gasteiger partial charge in [0.05, 0.1) is 0 Å². The number of rotatable bonds is 4. The fourth-order valence-electron chi connectivity index (χ4n) is 1.40. The first kappa shape index (κ1) is 12.6. The molecule has 0 atom stereocenters. The zero-order valence-electron chi connectivity index (χ0n) is 9.53. The number of likely N-dealkylation sites (N-methyl/N-ethyl adjacent to an activating group) is 1. The van der Waals surface area contributed by atoms with Crippen molar-refractivity contribution < 1.29 is 14.3 Å². The summed E-state index contributed by atoms with van der Waals surface area (Å²) in [4.78, 5) is 12.5. The van der Waals surface area contributed by atoms with Crippen LogP contribution in [0.25, 0.3) is 0 Å². The van der Waals surface area contributed by atoms with Crippen LogP contribution in [0.15, 0.2) is 18.2 Å². The first-order valence-electron chi connectivity index (χ1n) is 5.14. The third-order valence-electron chi connectivity index (χ3n) is 2.52. The van der Waals surface area contributed by atoms with Gasteiger partial charge in [0.25, 0.3) is 0 Å². The number of aliphatic hydroxyl groups excluding tert-OH is 1. The molecular weight excluding hydrogens is 209 g/mol. The Kier molecular flexibility index (Phi) is 4.43. The van der Waals surface area contributed by atoms with E-state index in [0.29, 0.717) is 18.5 Å². The molecule has 0 unspecified atom stereocenters. The van der Waals surface area contributed by atoms with Gasteiger partial charge in [0, 0.05) is 13.6 Å². The SMILES string of the molecule is Cc1cc(CCN(C)C(=O)CO)ccc1F. The highest BCUT2D eigenvalue weighted by Crippen LogP contribution is 2.10. The van der Waals surface area contributed by atoms with Gasteiger partial charge < -0.3 is 10.0 Å². The normalized spacial score (nSPS) is 10.2. The zero-order valence-corrected chi connectivity index (χ0v) is 9.53. The topological polar surface area (TPSA) is 40.5 Å². The molecule has 0 saturated heterocycles. The van der Waals surface area contributed by atoms with E-state index >= 15 is 0 Å². The van der Waals surface area contributed by atoms with Crippen molar-refractivity contribution in [3.05, 3.63) is 35.1 Å². The number of nitrogens with zero attached hydrogens (tertiary/aromatic N) is 1. The number of carbonyl (C=O) groups is 1. The average Bonchev–Trinajstić information content (AvgIpc) is 2.29. The number of hydrogen-bond acceptors (Lipinski definition) is 2. The van der Waals surface area contributed by atoms with Crippen LogP contribution in [0.2, 0.25) is 0 Å². The second-order valence-corrected chi connectivity index (χ2v) is 3.81. The first-order valence-corrected chi connectivity index (χ1v) is 5.14. The Labute approximate surface area is 94.5 Å². The van der Waals surface area contributed by atoms with Gasteiger partial charge in [-0.05, 0) is 30.5 Å². The Hall–Kier alpha value is -1.42. The van der Waals surface area contributed by atoms with Crippen LogP contribution in [0.1, 0.15) is 11.1 Å². The van der Waals surface area contributed by atoms with E-state index in [1.807, 2.05) is 0 Å². The predicted octanol–water partition coefficient (Wildman–Crippen LogP) is 1.13. The van der Waals surface area contributed by atoms with Crippen LogP contribution < -0.4 is 0 Å². The maximum Gasteiger partial charge on any atom is 0.248 e. The summed E-state index contributed by atoms with van der Waals surface area (Å²) < 4.78 is 13.0. The molecule has 4 heteroatoms. The highest BCUT2D eigenvalue weighted by Gasteiger charge is 2.07. The first-order chi connectivity index (χ1) is 7.54. The van der Waals surface area contributed by atoms with Gasteiger partial charge in [-0.1, -0.05) is 12.1 Å². The quantitative estimate of drug-likeness (QED) is 0.834. The number of hydrogen-bond donors (Lipinski definition) is 1. The fraction of sp³-hybridized carbons (Fsp3) is 0.417. The third kappa shape index (κ3) is 3.31. The summed E-state index contributed by atoms with van der Waals surface area (Å²) >= 11 is 0. The van der Waals surface area contributed by atoms with Gasteiger partial charge in [0.15, 0.2) is 0 Å². The predicted molar refractivity (Wildman–Crippen MR) is 59.6 cm³/mol. The minimum Gasteiger partial charge on any atom is -0.387 e. The van der Waals surface area contributed by atoms with Crippen LogP contribution in [0.3, 0.4) is 0 Å². The van der Waals surface area contributed by atoms with E-state index < -0.39 is 6.61 Å². The Morgan fingerprint density at radius 2 is 2.19 bits per heavy atom. The van der Waals surface area contributed by atoms with Crippen LogP contribution in [0, 0.1) is 12.7 Å². The molecule has 0 saturated carbocycles. The molecule has 1 amide bonds. The molecule has 0 radical (unpaired) electrons. The molecule has 1 aromatic carbocycles.